The molecule has 0 heterocycles. The molecule has 0 unspecified atom stereocenters. The van der Waals surface area contributed by atoms with E-state index in [1.165, 1.54) is 0 Å². The van der Waals surface area contributed by atoms with Crippen LogP contribution in [0.15, 0.2) is 36.9 Å². The fraction of sp³-hybridized carbons (Fsp3) is 0.250. The number of likely N-dealkylation sites (N-methyl/N-ethyl adjacent to an activating group) is 1. The number of rotatable bonds is 4. The van der Waals surface area contributed by atoms with Crippen molar-refractivity contribution in [1.82, 2.24) is 5.43 Å². The highest BCUT2D eigenvalue weighted by molar-refractivity contribution is 6.33. The van der Waals surface area contributed by atoms with Crippen molar-refractivity contribution in [3.8, 4) is 0 Å². The van der Waals surface area contributed by atoms with Crippen molar-refractivity contribution in [2.45, 2.75) is 0 Å². The summed E-state index contributed by atoms with van der Waals surface area (Å²) in [7, 11) is 3.77. The monoisotopic (exact) mass is 318 g/mol. The van der Waals surface area contributed by atoms with Gasteiger partial charge in [0.25, 0.3) is 5.91 Å². The number of hydrogen-bond acceptors (Lipinski definition) is 1. The second-order valence-corrected chi connectivity index (χ2v) is 4.48. The average Bonchev–Trinajstić information content (AvgIpc) is 2.17. The van der Waals surface area contributed by atoms with Crippen molar-refractivity contribution < 1.29 is 26.4 Å². The molecule has 0 aliphatic rings. The van der Waals surface area contributed by atoms with Crippen molar-refractivity contribution in [3.63, 3.8) is 0 Å². The molecule has 0 radical (unpaired) electrons. The third-order valence-corrected chi connectivity index (χ3v) is 2.44. The van der Waals surface area contributed by atoms with Gasteiger partial charge in [0, 0.05) is 0 Å². The molecule has 0 saturated carbocycles. The summed E-state index contributed by atoms with van der Waals surface area (Å²) >= 11 is 5.94. The Morgan fingerprint density at radius 3 is 2.59 bits per heavy atom. The molecule has 0 aliphatic heterocycles. The molecule has 1 N–H and O–H groups in total. The van der Waals surface area contributed by atoms with Gasteiger partial charge in [-0.15, -0.1) is 0 Å². The lowest BCUT2D eigenvalue weighted by molar-refractivity contribution is -0.919. The zero-order valence-electron chi connectivity index (χ0n) is 9.91. The van der Waals surface area contributed by atoms with Crippen molar-refractivity contribution in [2.24, 2.45) is 0 Å². The van der Waals surface area contributed by atoms with E-state index in [-0.39, 0.29) is 22.9 Å². The molecule has 0 atom stereocenters. The van der Waals surface area contributed by atoms with Crippen LogP contribution in [0.3, 0.4) is 0 Å². The second kappa shape index (κ2) is 6.79. The van der Waals surface area contributed by atoms with Crippen molar-refractivity contribution in [3.05, 3.63) is 47.5 Å². The predicted octanol–water partition coefficient (Wildman–Crippen LogP) is -0.749. The van der Waals surface area contributed by atoms with Gasteiger partial charge >= 0.3 is 0 Å². The lowest BCUT2D eigenvalue weighted by Gasteiger charge is -2.27. The van der Waals surface area contributed by atoms with Gasteiger partial charge in [0.1, 0.15) is 6.54 Å². The first kappa shape index (κ1) is 16.2. The summed E-state index contributed by atoms with van der Waals surface area (Å²) < 4.78 is 0.341. The first-order chi connectivity index (χ1) is 7.46. The Bertz CT molecular complexity index is 407. The van der Waals surface area contributed by atoms with Gasteiger partial charge in [0.2, 0.25) is 0 Å². The van der Waals surface area contributed by atoms with Gasteiger partial charge in [-0.3, -0.25) is 4.79 Å². The van der Waals surface area contributed by atoms with Crippen LogP contribution < -0.4 is 22.4 Å². The quantitative estimate of drug-likeness (QED) is 0.442. The van der Waals surface area contributed by atoms with Gasteiger partial charge < -0.3 is 17.0 Å². The third kappa shape index (κ3) is 4.89. The van der Waals surface area contributed by atoms with Crippen LogP contribution in [0.25, 0.3) is 0 Å². The normalized spacial score (nSPS) is 10.3. The number of hydrogen-bond donors (Lipinski definition) is 1. The van der Waals surface area contributed by atoms with Crippen LogP contribution >= 0.6 is 11.6 Å². The molecular formula is C12H16BrClN2O. The molecule has 0 fully saturated rings. The molecule has 1 rings (SSSR count). The van der Waals surface area contributed by atoms with Gasteiger partial charge in [0.15, 0.2) is 0 Å². The van der Waals surface area contributed by atoms with E-state index in [4.69, 9.17) is 11.6 Å². The largest absolute Gasteiger partial charge is 1.00 e. The molecule has 94 valence electrons. The van der Waals surface area contributed by atoms with E-state index in [1.54, 1.807) is 30.3 Å². The van der Waals surface area contributed by atoms with E-state index in [1.807, 2.05) is 14.1 Å². The van der Waals surface area contributed by atoms with E-state index in [0.29, 0.717) is 21.7 Å². The molecule has 1 amide bonds. The first-order valence-electron chi connectivity index (χ1n) is 4.97. The van der Waals surface area contributed by atoms with Gasteiger partial charge in [-0.1, -0.05) is 30.3 Å². The molecule has 3 nitrogen and oxygen atoms in total. The van der Waals surface area contributed by atoms with Crippen molar-refractivity contribution in [2.75, 3.05) is 20.6 Å². The van der Waals surface area contributed by atoms with E-state index in [0.717, 1.165) is 0 Å². The number of nitrogens with zero attached hydrogens (tertiary/aromatic N) is 1. The lowest BCUT2D eigenvalue weighted by atomic mass is 10.2. The fourth-order valence-electron chi connectivity index (χ4n) is 1.35. The molecule has 0 aliphatic carbocycles. The third-order valence-electron chi connectivity index (χ3n) is 2.11. The Morgan fingerprint density at radius 1 is 1.47 bits per heavy atom. The van der Waals surface area contributed by atoms with Crippen LogP contribution in [0.2, 0.25) is 5.02 Å². The minimum absolute atomic E-state index is 0. The van der Waals surface area contributed by atoms with Crippen LogP contribution in [0.4, 0.5) is 0 Å². The molecule has 0 aromatic heterocycles. The van der Waals surface area contributed by atoms with E-state index >= 15 is 0 Å². The molecule has 0 saturated heterocycles. The summed E-state index contributed by atoms with van der Waals surface area (Å²) in [5.74, 6) is -0.183. The Morgan fingerprint density at radius 2 is 2.06 bits per heavy atom. The molecule has 17 heavy (non-hydrogen) atoms. The Balaban J connectivity index is 0.00000256. The Hall–Kier alpha value is -0.840. The maximum Gasteiger partial charge on any atom is 0.297 e. The summed E-state index contributed by atoms with van der Waals surface area (Å²) in [6.45, 7) is 4.30. The van der Waals surface area contributed by atoms with E-state index < -0.39 is 0 Å². The van der Waals surface area contributed by atoms with Gasteiger partial charge in [0.05, 0.1) is 24.7 Å². The molecule has 0 bridgehead atoms. The average molecular weight is 320 g/mol. The SMILES string of the molecule is C=CC[N+](C)(C)NC(=O)c1ccccc1Cl.[Br-]. The number of amides is 1. The number of halogens is 2. The fourth-order valence-corrected chi connectivity index (χ4v) is 1.57. The maximum absolute atomic E-state index is 11.9. The minimum atomic E-state index is -0.183. The maximum atomic E-state index is 11.9. The summed E-state index contributed by atoms with van der Waals surface area (Å²) in [5, 5.41) is 0.457. The zero-order valence-corrected chi connectivity index (χ0v) is 12.3. The molecule has 1 aromatic rings. The number of quaternary nitrogens is 1. The number of carbonyl (C=O) groups is 1. The van der Waals surface area contributed by atoms with Crippen LogP contribution in [0, 0.1) is 0 Å². The highest BCUT2D eigenvalue weighted by atomic mass is 79.9. The number of benzene rings is 1. The highest BCUT2D eigenvalue weighted by Crippen LogP contribution is 2.14. The van der Waals surface area contributed by atoms with Gasteiger partial charge in [-0.25, -0.2) is 4.59 Å². The second-order valence-electron chi connectivity index (χ2n) is 4.08. The number of nitrogens with one attached hydrogen (secondary N) is 1. The van der Waals surface area contributed by atoms with Crippen molar-refractivity contribution in [1.29, 1.82) is 0 Å². The highest BCUT2D eigenvalue weighted by Gasteiger charge is 2.19. The summed E-state index contributed by atoms with van der Waals surface area (Å²) in [4.78, 5) is 11.9. The van der Waals surface area contributed by atoms with Crippen LogP contribution in [0.1, 0.15) is 10.4 Å². The zero-order chi connectivity index (χ0) is 12.2. The van der Waals surface area contributed by atoms with Crippen LogP contribution in [-0.4, -0.2) is 31.1 Å². The molecule has 1 aromatic carbocycles. The smallest absolute Gasteiger partial charge is 0.297 e. The van der Waals surface area contributed by atoms with Crippen molar-refractivity contribution >= 4 is 17.5 Å². The Labute approximate surface area is 117 Å². The topological polar surface area (TPSA) is 29.1 Å². The Kier molecular flexibility index (Phi) is 6.45. The molecular weight excluding hydrogens is 304 g/mol. The predicted molar refractivity (Wildman–Crippen MR) is 66.1 cm³/mol. The van der Waals surface area contributed by atoms with E-state index in [2.05, 4.69) is 12.0 Å². The first-order valence-corrected chi connectivity index (χ1v) is 5.35. The lowest BCUT2D eigenvalue weighted by Crippen LogP contribution is -3.00. The summed E-state index contributed by atoms with van der Waals surface area (Å²) in [6.07, 6.45) is 1.76. The molecule has 5 heteroatoms. The number of carbonyl (C=O) groups excluding carboxylic acids is 1. The van der Waals surface area contributed by atoms with Gasteiger partial charge in [-0.05, 0) is 18.2 Å². The van der Waals surface area contributed by atoms with Crippen LogP contribution in [0.5, 0.6) is 0 Å². The summed E-state index contributed by atoms with van der Waals surface area (Å²) in [5.41, 5.74) is 3.34. The van der Waals surface area contributed by atoms with E-state index in [9.17, 15) is 4.79 Å². The standard InChI is InChI=1S/C12H15ClN2O.BrH/c1-4-9-15(2,3)14-12(16)10-7-5-6-8-11(10)13;/h4-8H,1,9H2,2-3H3;1H. The van der Waals surface area contributed by atoms with Crippen LogP contribution in [-0.2, 0) is 0 Å². The minimum Gasteiger partial charge on any atom is -1.00 e. The molecule has 0 spiro atoms. The summed E-state index contributed by atoms with van der Waals surface area (Å²) in [6, 6.07) is 6.98. The van der Waals surface area contributed by atoms with Gasteiger partial charge in [-0.2, -0.15) is 5.43 Å².